The van der Waals surface area contributed by atoms with Crippen LogP contribution in [0, 0.1) is 6.92 Å². The van der Waals surface area contributed by atoms with Crippen LogP contribution in [0.25, 0.3) is 5.65 Å². The Morgan fingerprint density at radius 3 is 2.83 bits per heavy atom. The number of aryl methyl sites for hydroxylation is 1. The average molecular weight is 326 g/mol. The van der Waals surface area contributed by atoms with E-state index >= 15 is 0 Å². The van der Waals surface area contributed by atoms with Crippen molar-refractivity contribution in [1.82, 2.24) is 19.9 Å². The molecule has 0 aliphatic rings. The molecule has 7 nitrogen and oxygen atoms in total. The number of rotatable bonds is 5. The maximum atomic E-state index is 12.3. The summed E-state index contributed by atoms with van der Waals surface area (Å²) in [7, 11) is 3.17. The van der Waals surface area contributed by atoms with Gasteiger partial charge in [-0.1, -0.05) is 0 Å². The van der Waals surface area contributed by atoms with Gasteiger partial charge in [-0.25, -0.2) is 9.50 Å². The molecule has 0 atom stereocenters. The summed E-state index contributed by atoms with van der Waals surface area (Å²) in [6.07, 6.45) is 3.56. The molecule has 0 spiro atoms. The maximum Gasteiger partial charge on any atom is 0.272 e. The number of carbonyl (C=O) groups excluding carboxylic acids is 1. The molecule has 0 aliphatic heterocycles. The molecule has 0 unspecified atom stereocenters. The summed E-state index contributed by atoms with van der Waals surface area (Å²) >= 11 is 0. The van der Waals surface area contributed by atoms with Crippen molar-refractivity contribution in [2.45, 2.75) is 13.5 Å². The third kappa shape index (κ3) is 3.15. The molecule has 24 heavy (non-hydrogen) atoms. The van der Waals surface area contributed by atoms with E-state index in [4.69, 9.17) is 9.47 Å². The van der Waals surface area contributed by atoms with Gasteiger partial charge in [0.05, 0.1) is 14.2 Å². The first-order valence-electron chi connectivity index (χ1n) is 7.42. The largest absolute Gasteiger partial charge is 0.497 e. The molecule has 1 amide bonds. The number of methoxy groups -OCH3 is 2. The van der Waals surface area contributed by atoms with Crippen LogP contribution < -0.4 is 14.8 Å². The van der Waals surface area contributed by atoms with Crippen molar-refractivity contribution in [1.29, 1.82) is 0 Å². The highest BCUT2D eigenvalue weighted by Gasteiger charge is 2.13. The quantitative estimate of drug-likeness (QED) is 0.776. The van der Waals surface area contributed by atoms with Crippen LogP contribution in [0.15, 0.2) is 36.7 Å². The van der Waals surface area contributed by atoms with E-state index in [1.165, 1.54) is 0 Å². The molecule has 1 aromatic carbocycles. The monoisotopic (exact) mass is 326 g/mol. The van der Waals surface area contributed by atoms with Gasteiger partial charge in [-0.05, 0) is 24.6 Å². The molecule has 2 heterocycles. The molecular formula is C17H18N4O3. The number of fused-ring (bicyclic) bond motifs is 1. The van der Waals surface area contributed by atoms with Crippen molar-refractivity contribution >= 4 is 11.6 Å². The Morgan fingerprint density at radius 2 is 2.08 bits per heavy atom. The zero-order valence-electron chi connectivity index (χ0n) is 13.7. The van der Waals surface area contributed by atoms with Crippen LogP contribution in [0.3, 0.4) is 0 Å². The van der Waals surface area contributed by atoms with Gasteiger partial charge in [-0.15, -0.1) is 0 Å². The number of nitrogens with one attached hydrogen (secondary N) is 1. The molecule has 7 heteroatoms. The van der Waals surface area contributed by atoms with Gasteiger partial charge < -0.3 is 14.8 Å². The second-order valence-corrected chi connectivity index (χ2v) is 5.32. The van der Waals surface area contributed by atoms with Gasteiger partial charge in [-0.2, -0.15) is 5.10 Å². The van der Waals surface area contributed by atoms with Crippen LogP contribution >= 0.6 is 0 Å². The minimum absolute atomic E-state index is 0.268. The summed E-state index contributed by atoms with van der Waals surface area (Å²) in [5.74, 6) is 1.08. The van der Waals surface area contributed by atoms with E-state index in [1.807, 2.05) is 25.3 Å². The molecule has 0 bridgehead atoms. The minimum atomic E-state index is -0.268. The summed E-state index contributed by atoms with van der Waals surface area (Å²) in [5.41, 5.74) is 2.78. The molecule has 0 radical (unpaired) electrons. The lowest BCUT2D eigenvalue weighted by Crippen LogP contribution is -2.23. The number of hydrogen-bond acceptors (Lipinski definition) is 5. The van der Waals surface area contributed by atoms with Crippen LogP contribution in [-0.4, -0.2) is 34.7 Å². The molecule has 0 saturated carbocycles. The lowest BCUT2D eigenvalue weighted by atomic mass is 10.2. The molecule has 2 aromatic heterocycles. The first-order chi connectivity index (χ1) is 11.6. The van der Waals surface area contributed by atoms with Crippen molar-refractivity contribution in [3.63, 3.8) is 0 Å². The van der Waals surface area contributed by atoms with Gasteiger partial charge in [0.1, 0.15) is 11.5 Å². The summed E-state index contributed by atoms with van der Waals surface area (Å²) in [5, 5.41) is 7.09. The lowest BCUT2D eigenvalue weighted by molar-refractivity contribution is 0.0945. The summed E-state index contributed by atoms with van der Waals surface area (Å²) in [6.45, 7) is 2.25. The smallest absolute Gasteiger partial charge is 0.272 e. The van der Waals surface area contributed by atoms with Crippen LogP contribution in [0.2, 0.25) is 0 Å². The highest BCUT2D eigenvalue weighted by atomic mass is 16.5. The van der Waals surface area contributed by atoms with E-state index in [0.29, 0.717) is 29.4 Å². The standard InChI is InChI=1S/C17H18N4O3/c1-11-8-18-16-7-14(20-21(16)10-11)17(22)19-9-12-4-5-13(23-2)6-15(12)24-3/h4-8,10H,9H2,1-3H3,(H,19,22). The number of ether oxygens (including phenoxy) is 2. The summed E-state index contributed by atoms with van der Waals surface area (Å²) < 4.78 is 12.1. The van der Waals surface area contributed by atoms with Gasteiger partial charge >= 0.3 is 0 Å². The van der Waals surface area contributed by atoms with Crippen molar-refractivity contribution in [3.05, 3.63) is 53.5 Å². The van der Waals surface area contributed by atoms with Crippen LogP contribution in [0.5, 0.6) is 11.5 Å². The maximum absolute atomic E-state index is 12.3. The van der Waals surface area contributed by atoms with E-state index in [-0.39, 0.29) is 5.91 Å². The Balaban J connectivity index is 1.75. The molecule has 1 N–H and O–H groups in total. The number of amides is 1. The molecule has 3 aromatic rings. The normalized spacial score (nSPS) is 10.6. The zero-order chi connectivity index (χ0) is 17.1. The van der Waals surface area contributed by atoms with E-state index < -0.39 is 0 Å². The molecule has 0 fully saturated rings. The van der Waals surface area contributed by atoms with Gasteiger partial charge in [0, 0.05) is 36.6 Å². The number of aromatic nitrogens is 3. The third-order valence-electron chi connectivity index (χ3n) is 3.61. The Labute approximate surface area is 139 Å². The van der Waals surface area contributed by atoms with Gasteiger partial charge in [0.25, 0.3) is 5.91 Å². The summed E-state index contributed by atoms with van der Waals surface area (Å²) in [6, 6.07) is 7.10. The Bertz CT molecular complexity index is 889. The topological polar surface area (TPSA) is 77.8 Å². The Morgan fingerprint density at radius 1 is 1.25 bits per heavy atom. The number of benzene rings is 1. The van der Waals surface area contributed by atoms with E-state index in [1.54, 1.807) is 37.1 Å². The molecular weight excluding hydrogens is 308 g/mol. The number of carbonyl (C=O) groups is 1. The highest BCUT2D eigenvalue weighted by molar-refractivity contribution is 5.93. The van der Waals surface area contributed by atoms with Crippen molar-refractivity contribution in [3.8, 4) is 11.5 Å². The van der Waals surface area contributed by atoms with Crippen LogP contribution in [-0.2, 0) is 6.54 Å². The SMILES string of the molecule is COc1ccc(CNC(=O)c2cc3ncc(C)cn3n2)c(OC)c1. The van der Waals surface area contributed by atoms with E-state index in [9.17, 15) is 4.79 Å². The zero-order valence-corrected chi connectivity index (χ0v) is 13.7. The van der Waals surface area contributed by atoms with Crippen LogP contribution in [0.1, 0.15) is 21.6 Å². The van der Waals surface area contributed by atoms with Gasteiger partial charge in [-0.3, -0.25) is 4.79 Å². The second kappa shape index (κ2) is 6.57. The summed E-state index contributed by atoms with van der Waals surface area (Å²) in [4.78, 5) is 16.6. The van der Waals surface area contributed by atoms with E-state index in [0.717, 1.165) is 11.1 Å². The lowest BCUT2D eigenvalue weighted by Gasteiger charge is -2.10. The average Bonchev–Trinajstić information content (AvgIpc) is 3.02. The van der Waals surface area contributed by atoms with Crippen LogP contribution in [0.4, 0.5) is 0 Å². The molecule has 0 saturated heterocycles. The predicted octanol–water partition coefficient (Wildman–Crippen LogP) is 1.98. The number of nitrogens with zero attached hydrogens (tertiary/aromatic N) is 3. The highest BCUT2D eigenvalue weighted by Crippen LogP contribution is 2.24. The predicted molar refractivity (Wildman–Crippen MR) is 88.4 cm³/mol. The van der Waals surface area contributed by atoms with Crippen molar-refractivity contribution < 1.29 is 14.3 Å². The first-order valence-corrected chi connectivity index (χ1v) is 7.42. The minimum Gasteiger partial charge on any atom is -0.497 e. The fourth-order valence-corrected chi connectivity index (χ4v) is 2.35. The van der Waals surface area contributed by atoms with Gasteiger partial charge in [0.15, 0.2) is 11.3 Å². The molecule has 3 rings (SSSR count). The van der Waals surface area contributed by atoms with E-state index in [2.05, 4.69) is 15.4 Å². The first kappa shape index (κ1) is 15.8. The third-order valence-corrected chi connectivity index (χ3v) is 3.61. The second-order valence-electron chi connectivity index (χ2n) is 5.32. The molecule has 0 aliphatic carbocycles. The van der Waals surface area contributed by atoms with Gasteiger partial charge in [0.2, 0.25) is 0 Å². The Kier molecular flexibility index (Phi) is 4.33. The fourth-order valence-electron chi connectivity index (χ4n) is 2.35. The fraction of sp³-hybridized carbons (Fsp3) is 0.235. The Hall–Kier alpha value is -3.09. The number of hydrogen-bond donors (Lipinski definition) is 1. The van der Waals surface area contributed by atoms with Crippen molar-refractivity contribution in [2.75, 3.05) is 14.2 Å². The molecule has 124 valence electrons. The van der Waals surface area contributed by atoms with Crippen molar-refractivity contribution in [2.24, 2.45) is 0 Å².